The van der Waals surface area contributed by atoms with Gasteiger partial charge in [-0.1, -0.05) is 0 Å². The number of piperidine rings is 1. The SMILES string of the molecule is COc1cc(/C=C/C(=O)N2CCCC(C3OCCO3)C2)cc2c1OCCO2. The molecule has 1 aromatic rings. The molecule has 2 saturated heterocycles. The van der Waals surface area contributed by atoms with Crippen molar-refractivity contribution in [2.75, 3.05) is 46.6 Å². The summed E-state index contributed by atoms with van der Waals surface area (Å²) in [6.07, 6.45) is 5.20. The Labute approximate surface area is 158 Å². The molecule has 0 spiro atoms. The molecule has 146 valence electrons. The van der Waals surface area contributed by atoms with Crippen molar-refractivity contribution in [1.82, 2.24) is 4.90 Å². The third-order valence-corrected chi connectivity index (χ3v) is 5.07. The van der Waals surface area contributed by atoms with Gasteiger partial charge in [0.2, 0.25) is 11.7 Å². The molecule has 1 aromatic carbocycles. The first-order valence-electron chi connectivity index (χ1n) is 9.42. The highest BCUT2D eigenvalue weighted by Gasteiger charge is 2.32. The second kappa shape index (κ2) is 8.19. The third-order valence-electron chi connectivity index (χ3n) is 5.07. The number of likely N-dealkylation sites (tertiary alicyclic amines) is 1. The number of hydrogen-bond acceptors (Lipinski definition) is 6. The van der Waals surface area contributed by atoms with E-state index in [4.69, 9.17) is 23.7 Å². The number of methoxy groups -OCH3 is 1. The fraction of sp³-hybridized carbons (Fsp3) is 0.550. The van der Waals surface area contributed by atoms with Crippen LogP contribution in [0.25, 0.3) is 6.08 Å². The molecule has 0 aromatic heterocycles. The molecule has 0 radical (unpaired) electrons. The Hall–Kier alpha value is -2.25. The smallest absolute Gasteiger partial charge is 0.246 e. The van der Waals surface area contributed by atoms with Gasteiger partial charge in [-0.25, -0.2) is 0 Å². The van der Waals surface area contributed by atoms with Gasteiger partial charge in [0, 0.05) is 25.1 Å². The fourth-order valence-corrected chi connectivity index (χ4v) is 3.74. The topological polar surface area (TPSA) is 66.5 Å². The van der Waals surface area contributed by atoms with Crippen molar-refractivity contribution < 1.29 is 28.5 Å². The van der Waals surface area contributed by atoms with Gasteiger partial charge in [0.05, 0.1) is 20.3 Å². The van der Waals surface area contributed by atoms with Crippen LogP contribution in [0, 0.1) is 5.92 Å². The number of carbonyl (C=O) groups is 1. The average Bonchev–Trinajstić information content (AvgIpc) is 3.26. The van der Waals surface area contributed by atoms with Crippen molar-refractivity contribution >= 4 is 12.0 Å². The van der Waals surface area contributed by atoms with Crippen molar-refractivity contribution in [3.63, 3.8) is 0 Å². The average molecular weight is 375 g/mol. The molecule has 27 heavy (non-hydrogen) atoms. The molecule has 3 heterocycles. The van der Waals surface area contributed by atoms with Crippen LogP contribution >= 0.6 is 0 Å². The second-order valence-corrected chi connectivity index (χ2v) is 6.88. The number of amides is 1. The van der Waals surface area contributed by atoms with E-state index in [1.165, 1.54) is 0 Å². The number of fused-ring (bicyclic) bond motifs is 1. The van der Waals surface area contributed by atoms with E-state index in [1.807, 2.05) is 17.0 Å². The predicted molar refractivity (Wildman–Crippen MR) is 98.0 cm³/mol. The van der Waals surface area contributed by atoms with E-state index in [-0.39, 0.29) is 18.1 Å². The van der Waals surface area contributed by atoms with Gasteiger partial charge in [0.1, 0.15) is 13.2 Å². The van der Waals surface area contributed by atoms with Crippen LogP contribution in [0.3, 0.4) is 0 Å². The summed E-state index contributed by atoms with van der Waals surface area (Å²) in [4.78, 5) is 14.5. The molecule has 7 nitrogen and oxygen atoms in total. The first-order chi connectivity index (χ1) is 13.2. The molecule has 3 aliphatic rings. The van der Waals surface area contributed by atoms with Crippen LogP contribution in [0.2, 0.25) is 0 Å². The summed E-state index contributed by atoms with van der Waals surface area (Å²) < 4.78 is 27.9. The van der Waals surface area contributed by atoms with Crippen LogP contribution in [0.15, 0.2) is 18.2 Å². The molecule has 0 aliphatic carbocycles. The van der Waals surface area contributed by atoms with Crippen molar-refractivity contribution in [2.45, 2.75) is 19.1 Å². The minimum absolute atomic E-state index is 0.00782. The summed E-state index contributed by atoms with van der Waals surface area (Å²) >= 11 is 0. The van der Waals surface area contributed by atoms with Crippen LogP contribution in [0.5, 0.6) is 17.2 Å². The monoisotopic (exact) mass is 375 g/mol. The zero-order valence-corrected chi connectivity index (χ0v) is 15.5. The van der Waals surface area contributed by atoms with E-state index in [1.54, 1.807) is 19.3 Å². The van der Waals surface area contributed by atoms with Crippen molar-refractivity contribution in [1.29, 1.82) is 0 Å². The summed E-state index contributed by atoms with van der Waals surface area (Å²) in [6, 6.07) is 3.70. The van der Waals surface area contributed by atoms with E-state index >= 15 is 0 Å². The summed E-state index contributed by atoms with van der Waals surface area (Å²) in [7, 11) is 1.59. The van der Waals surface area contributed by atoms with E-state index in [0.29, 0.717) is 50.2 Å². The lowest BCUT2D eigenvalue weighted by molar-refractivity contribution is -0.134. The molecule has 7 heteroatoms. The Balaban J connectivity index is 1.43. The maximum absolute atomic E-state index is 12.6. The molecule has 1 unspecified atom stereocenters. The number of ether oxygens (including phenoxy) is 5. The molecule has 4 rings (SSSR count). The van der Waals surface area contributed by atoms with E-state index in [0.717, 1.165) is 24.9 Å². The first-order valence-corrected chi connectivity index (χ1v) is 9.42. The standard InChI is InChI=1S/C20H25NO6/c1-23-16-11-14(12-17-19(16)25-8-7-24-17)4-5-18(22)21-6-2-3-15(13-21)20-26-9-10-27-20/h4-5,11-12,15,20H,2-3,6-10,13H2,1H3/b5-4+. The van der Waals surface area contributed by atoms with Crippen LogP contribution in [0.4, 0.5) is 0 Å². The number of hydrogen-bond donors (Lipinski definition) is 0. The number of rotatable bonds is 4. The van der Waals surface area contributed by atoms with E-state index in [9.17, 15) is 4.79 Å². The van der Waals surface area contributed by atoms with Gasteiger partial charge in [0.25, 0.3) is 0 Å². The highest BCUT2D eigenvalue weighted by molar-refractivity contribution is 5.92. The van der Waals surface area contributed by atoms with Gasteiger partial charge >= 0.3 is 0 Å². The lowest BCUT2D eigenvalue weighted by Crippen LogP contribution is -2.43. The molecule has 0 bridgehead atoms. The fourth-order valence-electron chi connectivity index (χ4n) is 3.74. The van der Waals surface area contributed by atoms with E-state index < -0.39 is 0 Å². The van der Waals surface area contributed by atoms with Gasteiger partial charge in [-0.05, 0) is 36.6 Å². The summed E-state index contributed by atoms with van der Waals surface area (Å²) in [5, 5.41) is 0. The Morgan fingerprint density at radius 1 is 1.19 bits per heavy atom. The highest BCUT2D eigenvalue weighted by Crippen LogP contribution is 2.40. The quantitative estimate of drug-likeness (QED) is 0.751. The van der Waals surface area contributed by atoms with Crippen LogP contribution in [0.1, 0.15) is 18.4 Å². The van der Waals surface area contributed by atoms with Crippen molar-refractivity contribution in [3.05, 3.63) is 23.8 Å². The zero-order chi connectivity index (χ0) is 18.6. The molecular formula is C20H25NO6. The number of carbonyl (C=O) groups excluding carboxylic acids is 1. The van der Waals surface area contributed by atoms with Gasteiger partial charge in [-0.2, -0.15) is 0 Å². The van der Waals surface area contributed by atoms with Crippen LogP contribution in [-0.2, 0) is 14.3 Å². The second-order valence-electron chi connectivity index (χ2n) is 6.88. The van der Waals surface area contributed by atoms with Gasteiger partial charge in [0.15, 0.2) is 17.8 Å². The minimum Gasteiger partial charge on any atom is -0.493 e. The number of benzene rings is 1. The predicted octanol–water partition coefficient (Wildman–Crippen LogP) is 2.09. The molecule has 1 amide bonds. The number of nitrogens with zero attached hydrogens (tertiary/aromatic N) is 1. The van der Waals surface area contributed by atoms with Crippen molar-refractivity contribution in [2.24, 2.45) is 5.92 Å². The molecular weight excluding hydrogens is 350 g/mol. The van der Waals surface area contributed by atoms with Crippen LogP contribution in [-0.4, -0.2) is 63.7 Å². The molecule has 0 saturated carbocycles. The Morgan fingerprint density at radius 3 is 2.81 bits per heavy atom. The van der Waals surface area contributed by atoms with Crippen molar-refractivity contribution in [3.8, 4) is 17.2 Å². The van der Waals surface area contributed by atoms with Crippen LogP contribution < -0.4 is 14.2 Å². The molecule has 1 atom stereocenters. The summed E-state index contributed by atoms with van der Waals surface area (Å²) in [5.41, 5.74) is 0.834. The molecule has 3 aliphatic heterocycles. The molecule has 0 N–H and O–H groups in total. The zero-order valence-electron chi connectivity index (χ0n) is 15.5. The lowest BCUT2D eigenvalue weighted by Gasteiger charge is -2.34. The summed E-state index contributed by atoms with van der Waals surface area (Å²) in [5.74, 6) is 2.09. The molecule has 2 fully saturated rings. The maximum Gasteiger partial charge on any atom is 0.246 e. The normalized spacial score (nSPS) is 23.0. The maximum atomic E-state index is 12.6. The summed E-state index contributed by atoms with van der Waals surface area (Å²) in [6.45, 7) is 3.71. The van der Waals surface area contributed by atoms with Gasteiger partial charge in [-0.3, -0.25) is 4.79 Å². The largest absolute Gasteiger partial charge is 0.493 e. The minimum atomic E-state index is -0.174. The van der Waals surface area contributed by atoms with E-state index in [2.05, 4.69) is 0 Å². The van der Waals surface area contributed by atoms with Gasteiger partial charge in [-0.15, -0.1) is 0 Å². The highest BCUT2D eigenvalue weighted by atomic mass is 16.7. The first kappa shape index (κ1) is 18.1. The Bertz CT molecular complexity index is 695. The van der Waals surface area contributed by atoms with Gasteiger partial charge < -0.3 is 28.6 Å². The lowest BCUT2D eigenvalue weighted by atomic mass is 9.97. The Morgan fingerprint density at radius 2 is 2.00 bits per heavy atom. The third kappa shape index (κ3) is 4.04. The Kier molecular flexibility index (Phi) is 5.50.